The Morgan fingerprint density at radius 2 is 2.00 bits per heavy atom. The number of ether oxygens (including phenoxy) is 1. The number of oxime groups is 1. The van der Waals surface area contributed by atoms with Crippen molar-refractivity contribution in [1.29, 1.82) is 0 Å². The average Bonchev–Trinajstić information content (AvgIpc) is 2.36. The van der Waals surface area contributed by atoms with Gasteiger partial charge in [-0.15, -0.1) is 0 Å². The monoisotopic (exact) mass is 354 g/mol. The zero-order valence-corrected chi connectivity index (χ0v) is 12.5. The van der Waals surface area contributed by atoms with Crippen LogP contribution in [0.15, 0.2) is 21.8 Å². The lowest BCUT2D eigenvalue weighted by Crippen LogP contribution is -2.10. The van der Waals surface area contributed by atoms with E-state index in [4.69, 9.17) is 9.57 Å². The van der Waals surface area contributed by atoms with Gasteiger partial charge in [0.05, 0.1) is 11.1 Å². The van der Waals surface area contributed by atoms with Crippen molar-refractivity contribution in [1.82, 2.24) is 0 Å². The Balaban J connectivity index is 3.08. The Morgan fingerprint density at radius 1 is 1.30 bits per heavy atom. The van der Waals surface area contributed by atoms with Gasteiger partial charge >= 0.3 is 6.18 Å². The van der Waals surface area contributed by atoms with Gasteiger partial charge in [0.1, 0.15) is 24.3 Å². The second kappa shape index (κ2) is 7.37. The van der Waals surface area contributed by atoms with Crippen LogP contribution < -0.4 is 10.1 Å². The van der Waals surface area contributed by atoms with E-state index < -0.39 is 11.7 Å². The molecule has 0 aliphatic heterocycles. The van der Waals surface area contributed by atoms with Crippen LogP contribution in [-0.2, 0) is 11.0 Å². The Labute approximate surface area is 123 Å². The van der Waals surface area contributed by atoms with Gasteiger partial charge in [-0.05, 0) is 41.9 Å². The summed E-state index contributed by atoms with van der Waals surface area (Å²) in [6, 6.07) is 2.42. The highest BCUT2D eigenvalue weighted by molar-refractivity contribution is 9.10. The van der Waals surface area contributed by atoms with Gasteiger partial charge in [0.2, 0.25) is 0 Å². The topological polar surface area (TPSA) is 42.8 Å². The molecule has 1 rings (SSSR count). The third-order valence-electron chi connectivity index (χ3n) is 2.13. The fourth-order valence-corrected chi connectivity index (χ4v) is 1.97. The fraction of sp³-hybridized carbons (Fsp3) is 0.417. The summed E-state index contributed by atoms with van der Waals surface area (Å²) in [7, 11) is 0. The number of nitrogens with one attached hydrogen (secondary N) is 1. The average molecular weight is 355 g/mol. The summed E-state index contributed by atoms with van der Waals surface area (Å²) in [6.45, 7) is 3.87. The van der Waals surface area contributed by atoms with Gasteiger partial charge < -0.3 is 14.9 Å². The van der Waals surface area contributed by atoms with Crippen molar-refractivity contribution >= 4 is 28.0 Å². The van der Waals surface area contributed by atoms with E-state index in [1.54, 1.807) is 13.8 Å². The van der Waals surface area contributed by atoms with E-state index in [1.165, 1.54) is 12.4 Å². The molecule has 1 aromatic rings. The Hall–Kier alpha value is -1.44. The summed E-state index contributed by atoms with van der Waals surface area (Å²) in [5.74, 6) is -0.229. The number of hydrogen-bond acceptors (Lipinski definition) is 3. The normalized spacial score (nSPS) is 11.7. The highest BCUT2D eigenvalue weighted by Crippen LogP contribution is 2.42. The third-order valence-corrected chi connectivity index (χ3v) is 2.71. The minimum atomic E-state index is -4.51. The van der Waals surface area contributed by atoms with E-state index in [-0.39, 0.29) is 22.5 Å². The maximum atomic E-state index is 13.0. The van der Waals surface area contributed by atoms with Crippen LogP contribution in [0.25, 0.3) is 0 Å². The molecule has 0 aromatic heterocycles. The molecular formula is C12H14BrF3N2O2. The van der Waals surface area contributed by atoms with Gasteiger partial charge in [-0.1, -0.05) is 5.16 Å². The number of anilines is 1. The summed E-state index contributed by atoms with van der Waals surface area (Å²) in [5.41, 5.74) is -0.642. The van der Waals surface area contributed by atoms with Crippen LogP contribution >= 0.6 is 15.9 Å². The maximum Gasteiger partial charge on any atom is 0.420 e. The molecule has 0 bridgehead atoms. The number of hydrogen-bond donors (Lipinski definition) is 1. The lowest BCUT2D eigenvalue weighted by Gasteiger charge is -2.16. The number of benzene rings is 1. The van der Waals surface area contributed by atoms with Gasteiger partial charge in [0, 0.05) is 5.69 Å². The molecule has 0 atom stereocenters. The molecule has 1 N–H and O–H groups in total. The van der Waals surface area contributed by atoms with Crippen molar-refractivity contribution < 1.29 is 22.7 Å². The highest BCUT2D eigenvalue weighted by Gasteiger charge is 2.35. The molecular weight excluding hydrogens is 341 g/mol. The van der Waals surface area contributed by atoms with Crippen LogP contribution in [0.1, 0.15) is 19.4 Å². The van der Waals surface area contributed by atoms with Gasteiger partial charge in [0.25, 0.3) is 0 Å². The lowest BCUT2D eigenvalue weighted by molar-refractivity contribution is -0.138. The zero-order chi connectivity index (χ0) is 15.2. The fourth-order valence-electron chi connectivity index (χ4n) is 1.39. The Morgan fingerprint density at radius 3 is 2.55 bits per heavy atom. The predicted molar refractivity (Wildman–Crippen MR) is 74.1 cm³/mol. The molecule has 112 valence electrons. The van der Waals surface area contributed by atoms with Crippen molar-refractivity contribution in [3.8, 4) is 5.75 Å². The van der Waals surface area contributed by atoms with Gasteiger partial charge in [-0.3, -0.25) is 0 Å². The second-order valence-corrected chi connectivity index (χ2v) is 4.42. The summed E-state index contributed by atoms with van der Waals surface area (Å²) in [4.78, 5) is 4.69. The van der Waals surface area contributed by atoms with E-state index in [1.807, 2.05) is 0 Å². The van der Waals surface area contributed by atoms with Crippen molar-refractivity contribution in [2.45, 2.75) is 20.0 Å². The molecule has 20 heavy (non-hydrogen) atoms. The van der Waals surface area contributed by atoms with Crippen LogP contribution in [0.3, 0.4) is 0 Å². The molecule has 0 saturated heterocycles. The number of rotatable bonds is 6. The van der Waals surface area contributed by atoms with Gasteiger partial charge in [-0.2, -0.15) is 13.2 Å². The quantitative estimate of drug-likeness (QED) is 0.471. The standard InChI is InChI=1S/C12H14BrF3N2O2/c1-3-19-11-9(12(14,15)16)5-8(6-10(11)13)17-7-18-20-4-2/h5-7H,3-4H2,1-2H3,(H,17,18). The molecule has 0 radical (unpaired) electrons. The highest BCUT2D eigenvalue weighted by atomic mass is 79.9. The minimum absolute atomic E-state index is 0.139. The van der Waals surface area contributed by atoms with E-state index in [0.717, 1.165) is 6.07 Å². The first kappa shape index (κ1) is 16.6. The van der Waals surface area contributed by atoms with Gasteiger partial charge in [0.15, 0.2) is 0 Å². The SMILES string of the molecule is CCO/N=C/Nc1cc(Br)c(OCC)c(C(F)(F)F)c1. The molecule has 8 heteroatoms. The molecule has 0 spiro atoms. The molecule has 1 aromatic carbocycles. The van der Waals surface area contributed by atoms with Gasteiger partial charge in [-0.25, -0.2) is 0 Å². The summed E-state index contributed by atoms with van der Waals surface area (Å²) >= 11 is 3.07. The van der Waals surface area contributed by atoms with Crippen molar-refractivity contribution in [3.05, 3.63) is 22.2 Å². The smallest absolute Gasteiger partial charge is 0.420 e. The van der Waals surface area contributed by atoms with Crippen LogP contribution in [-0.4, -0.2) is 19.6 Å². The first-order valence-corrected chi connectivity index (χ1v) is 6.63. The molecule has 0 heterocycles. The maximum absolute atomic E-state index is 13.0. The van der Waals surface area contributed by atoms with E-state index in [9.17, 15) is 13.2 Å². The zero-order valence-electron chi connectivity index (χ0n) is 10.9. The van der Waals surface area contributed by atoms with E-state index in [0.29, 0.717) is 6.61 Å². The molecule has 4 nitrogen and oxygen atoms in total. The molecule has 0 unspecified atom stereocenters. The van der Waals surface area contributed by atoms with Crippen LogP contribution in [0.4, 0.5) is 18.9 Å². The first-order valence-electron chi connectivity index (χ1n) is 5.84. The Kier molecular flexibility index (Phi) is 6.12. The second-order valence-electron chi connectivity index (χ2n) is 3.56. The number of nitrogens with zero attached hydrogens (tertiary/aromatic N) is 1. The van der Waals surface area contributed by atoms with Crippen molar-refractivity contribution in [2.75, 3.05) is 18.5 Å². The minimum Gasteiger partial charge on any atom is -0.492 e. The predicted octanol–water partition coefficient (Wildman–Crippen LogP) is 4.26. The molecule has 0 fully saturated rings. The van der Waals surface area contributed by atoms with Crippen LogP contribution in [0.2, 0.25) is 0 Å². The number of halogens is 4. The molecule has 0 amide bonds. The Bertz CT molecular complexity index is 479. The van der Waals surface area contributed by atoms with Crippen molar-refractivity contribution in [2.24, 2.45) is 5.16 Å². The summed E-state index contributed by atoms with van der Waals surface area (Å²) < 4.78 is 44.2. The van der Waals surface area contributed by atoms with Crippen LogP contribution in [0.5, 0.6) is 5.75 Å². The summed E-state index contributed by atoms with van der Waals surface area (Å²) in [6.07, 6.45) is -3.34. The summed E-state index contributed by atoms with van der Waals surface area (Å²) in [5, 5.41) is 6.10. The first-order chi connectivity index (χ1) is 9.40. The molecule has 0 aliphatic carbocycles. The number of alkyl halides is 3. The molecule has 0 aliphatic rings. The largest absolute Gasteiger partial charge is 0.492 e. The lowest BCUT2D eigenvalue weighted by atomic mass is 10.1. The van der Waals surface area contributed by atoms with E-state index in [2.05, 4.69) is 26.4 Å². The van der Waals surface area contributed by atoms with Crippen molar-refractivity contribution in [3.63, 3.8) is 0 Å². The third kappa shape index (κ3) is 4.59. The van der Waals surface area contributed by atoms with Crippen LogP contribution in [0, 0.1) is 0 Å². The molecule has 0 saturated carbocycles. The van der Waals surface area contributed by atoms with E-state index >= 15 is 0 Å².